The van der Waals surface area contributed by atoms with Crippen molar-refractivity contribution in [3.05, 3.63) is 11.2 Å². The Hall–Kier alpha value is -1.56. The van der Waals surface area contributed by atoms with Crippen LogP contribution in [-0.4, -0.2) is 28.5 Å². The summed E-state index contributed by atoms with van der Waals surface area (Å²) < 4.78 is 0. The fourth-order valence-electron chi connectivity index (χ4n) is 1.51. The van der Waals surface area contributed by atoms with Gasteiger partial charge in [0.25, 0.3) is 0 Å². The first-order valence-corrected chi connectivity index (χ1v) is 4.81. The molecule has 0 bridgehead atoms. The van der Waals surface area contributed by atoms with Crippen molar-refractivity contribution in [3.63, 3.8) is 0 Å². The molecule has 1 fully saturated rings. The molecular formula is C8H10ClN5O. The van der Waals surface area contributed by atoms with Gasteiger partial charge in [0.1, 0.15) is 11.1 Å². The molecule has 0 aromatic carbocycles. The number of carbonyl (C=O) groups excluding carboxylic acids is 1. The van der Waals surface area contributed by atoms with E-state index in [4.69, 9.17) is 23.1 Å². The van der Waals surface area contributed by atoms with E-state index >= 15 is 0 Å². The van der Waals surface area contributed by atoms with Gasteiger partial charge in [-0.15, -0.1) is 0 Å². The molecule has 4 N–H and O–H groups in total. The maximum atomic E-state index is 11.0. The predicted molar refractivity (Wildman–Crippen MR) is 56.4 cm³/mol. The molecule has 1 aromatic heterocycles. The Morgan fingerprint density at radius 3 is 2.93 bits per heavy atom. The number of amides is 1. The highest BCUT2D eigenvalue weighted by Gasteiger charge is 2.34. The molecule has 0 radical (unpaired) electrons. The van der Waals surface area contributed by atoms with Gasteiger partial charge in [-0.25, -0.2) is 4.98 Å². The first-order chi connectivity index (χ1) is 7.09. The van der Waals surface area contributed by atoms with Crippen LogP contribution < -0.4 is 16.4 Å². The lowest BCUT2D eigenvalue weighted by molar-refractivity contribution is -0.120. The van der Waals surface area contributed by atoms with Crippen molar-refractivity contribution >= 4 is 29.3 Å². The second-order valence-electron chi connectivity index (χ2n) is 3.30. The third kappa shape index (κ3) is 1.68. The Morgan fingerprint density at radius 2 is 2.40 bits per heavy atom. The van der Waals surface area contributed by atoms with Crippen LogP contribution in [0.25, 0.3) is 0 Å². The van der Waals surface area contributed by atoms with Crippen LogP contribution in [0.2, 0.25) is 5.02 Å². The average Bonchev–Trinajstić information content (AvgIpc) is 2.08. The lowest BCUT2D eigenvalue weighted by Gasteiger charge is -2.39. The molecule has 1 amide bonds. The third-order valence-corrected chi connectivity index (χ3v) is 2.63. The second-order valence-corrected chi connectivity index (χ2v) is 3.71. The van der Waals surface area contributed by atoms with Gasteiger partial charge >= 0.3 is 0 Å². The van der Waals surface area contributed by atoms with Crippen molar-refractivity contribution in [1.29, 1.82) is 0 Å². The summed E-state index contributed by atoms with van der Waals surface area (Å²) in [6.45, 7) is 0.698. The van der Waals surface area contributed by atoms with Crippen molar-refractivity contribution < 1.29 is 4.79 Å². The Bertz CT molecular complexity index is 410. The largest absolute Gasteiger partial charge is 0.368 e. The lowest BCUT2D eigenvalue weighted by Crippen LogP contribution is -2.55. The highest BCUT2D eigenvalue weighted by atomic mass is 35.5. The van der Waals surface area contributed by atoms with E-state index in [-0.39, 0.29) is 17.9 Å². The summed E-state index contributed by atoms with van der Waals surface area (Å²) in [7, 11) is 0. The Labute approximate surface area is 91.2 Å². The summed E-state index contributed by atoms with van der Waals surface area (Å²) in [5.74, 6) is 0.221. The zero-order valence-corrected chi connectivity index (χ0v) is 8.61. The number of rotatable bonds is 2. The molecule has 6 nitrogen and oxygen atoms in total. The summed E-state index contributed by atoms with van der Waals surface area (Å²) in [6.07, 6.45) is 2.13. The molecule has 0 spiro atoms. The van der Waals surface area contributed by atoms with Crippen LogP contribution in [-0.2, 0) is 4.79 Å². The van der Waals surface area contributed by atoms with Gasteiger partial charge in [0.2, 0.25) is 11.9 Å². The number of hydrogen-bond donors (Lipinski definition) is 2. The molecule has 1 aromatic rings. The lowest BCUT2D eigenvalue weighted by atomic mass is 10.0. The molecule has 1 unspecified atom stereocenters. The highest BCUT2D eigenvalue weighted by Crippen LogP contribution is 2.30. The summed E-state index contributed by atoms with van der Waals surface area (Å²) in [5, 5.41) is 0.371. The number of carbonyl (C=O) groups is 1. The van der Waals surface area contributed by atoms with Crippen LogP contribution in [0.4, 0.5) is 11.8 Å². The van der Waals surface area contributed by atoms with Gasteiger partial charge in [0.05, 0.1) is 6.20 Å². The van der Waals surface area contributed by atoms with Crippen LogP contribution in [0.15, 0.2) is 6.20 Å². The molecule has 0 saturated carbocycles. The smallest absolute Gasteiger partial charge is 0.240 e. The Morgan fingerprint density at radius 1 is 1.67 bits per heavy atom. The van der Waals surface area contributed by atoms with Crippen molar-refractivity contribution in [1.82, 2.24) is 9.97 Å². The molecule has 1 saturated heterocycles. The maximum absolute atomic E-state index is 11.0. The Balaban J connectivity index is 2.30. The number of primary amides is 1. The van der Waals surface area contributed by atoms with Crippen molar-refractivity contribution in [2.45, 2.75) is 12.5 Å². The van der Waals surface area contributed by atoms with E-state index in [2.05, 4.69) is 9.97 Å². The molecule has 0 aliphatic carbocycles. The predicted octanol–water partition coefficient (Wildman–Crippen LogP) is -0.224. The number of aromatic nitrogens is 2. The summed E-state index contributed by atoms with van der Waals surface area (Å²) >= 11 is 5.90. The maximum Gasteiger partial charge on any atom is 0.240 e. The van der Waals surface area contributed by atoms with Gasteiger partial charge in [-0.2, -0.15) is 4.98 Å². The number of nitrogens with two attached hydrogens (primary N) is 2. The fraction of sp³-hybridized carbons (Fsp3) is 0.375. The van der Waals surface area contributed by atoms with Gasteiger partial charge < -0.3 is 16.4 Å². The van der Waals surface area contributed by atoms with E-state index in [1.807, 2.05) is 0 Å². The topological polar surface area (TPSA) is 98.1 Å². The van der Waals surface area contributed by atoms with E-state index in [9.17, 15) is 4.79 Å². The molecular weight excluding hydrogens is 218 g/mol. The van der Waals surface area contributed by atoms with Crippen LogP contribution >= 0.6 is 11.6 Å². The molecule has 80 valence electrons. The van der Waals surface area contributed by atoms with Crippen LogP contribution in [0.3, 0.4) is 0 Å². The van der Waals surface area contributed by atoms with E-state index in [0.717, 1.165) is 6.42 Å². The highest BCUT2D eigenvalue weighted by molar-refractivity contribution is 6.33. The normalized spacial score (nSPS) is 19.8. The van der Waals surface area contributed by atoms with Gasteiger partial charge in [-0.3, -0.25) is 4.79 Å². The zero-order chi connectivity index (χ0) is 11.0. The summed E-state index contributed by atoms with van der Waals surface area (Å²) in [6, 6.07) is -0.336. The number of hydrogen-bond acceptors (Lipinski definition) is 5. The van der Waals surface area contributed by atoms with E-state index < -0.39 is 0 Å². The van der Waals surface area contributed by atoms with Crippen LogP contribution in [0.5, 0.6) is 0 Å². The first kappa shape index (κ1) is 9.97. The minimum absolute atomic E-state index is 0.129. The van der Waals surface area contributed by atoms with Gasteiger partial charge in [-0.05, 0) is 6.42 Å². The fourth-order valence-corrected chi connectivity index (χ4v) is 1.71. The molecule has 1 atom stereocenters. The van der Waals surface area contributed by atoms with Crippen LogP contribution in [0, 0.1) is 0 Å². The number of nitrogens with zero attached hydrogens (tertiary/aromatic N) is 3. The quantitative estimate of drug-likeness (QED) is 0.728. The Kier molecular flexibility index (Phi) is 2.36. The van der Waals surface area contributed by atoms with Crippen molar-refractivity contribution in [3.8, 4) is 0 Å². The molecule has 1 aliphatic rings. The van der Waals surface area contributed by atoms with Crippen LogP contribution in [0.1, 0.15) is 6.42 Å². The monoisotopic (exact) mass is 227 g/mol. The minimum Gasteiger partial charge on any atom is -0.368 e. The summed E-state index contributed by atoms with van der Waals surface area (Å²) in [5.41, 5.74) is 10.7. The molecule has 15 heavy (non-hydrogen) atoms. The second kappa shape index (κ2) is 3.54. The molecule has 1 aliphatic heterocycles. The van der Waals surface area contributed by atoms with Crippen molar-refractivity contribution in [2.75, 3.05) is 17.2 Å². The number of nitrogen functional groups attached to an aromatic ring is 1. The zero-order valence-electron chi connectivity index (χ0n) is 7.85. The third-order valence-electron chi connectivity index (χ3n) is 2.36. The minimum atomic E-state index is -0.380. The summed E-state index contributed by atoms with van der Waals surface area (Å²) in [4.78, 5) is 20.5. The molecule has 2 rings (SSSR count). The first-order valence-electron chi connectivity index (χ1n) is 4.43. The average molecular weight is 228 g/mol. The number of halogens is 1. The van der Waals surface area contributed by atoms with Gasteiger partial charge in [0.15, 0.2) is 5.82 Å². The SMILES string of the molecule is NC(=O)C1CCN1c1nc(N)ncc1Cl. The van der Waals surface area contributed by atoms with E-state index in [1.54, 1.807) is 4.90 Å². The van der Waals surface area contributed by atoms with E-state index in [0.29, 0.717) is 17.4 Å². The van der Waals surface area contributed by atoms with Gasteiger partial charge in [-0.1, -0.05) is 11.6 Å². The molecule has 2 heterocycles. The van der Waals surface area contributed by atoms with Crippen molar-refractivity contribution in [2.24, 2.45) is 5.73 Å². The van der Waals surface area contributed by atoms with Gasteiger partial charge in [0, 0.05) is 6.54 Å². The number of anilines is 2. The molecule has 7 heteroatoms. The standard InChI is InChI=1S/C8H10ClN5O/c9-4-3-12-8(11)13-7(4)14-2-1-5(14)6(10)15/h3,5H,1-2H2,(H2,10,15)(H2,11,12,13). The van der Waals surface area contributed by atoms with E-state index in [1.165, 1.54) is 6.20 Å².